The Kier molecular flexibility index (Phi) is 6.07. The zero-order chi connectivity index (χ0) is 17.5. The SMILES string of the molecule is CC(C)C(=O)Nc1ccc(C(=O)NCCc2cccc(F)c2)cc1. The molecule has 2 rings (SSSR count). The van der Waals surface area contributed by atoms with Crippen LogP contribution in [-0.2, 0) is 11.2 Å². The van der Waals surface area contributed by atoms with Crippen LogP contribution in [0.5, 0.6) is 0 Å². The van der Waals surface area contributed by atoms with Crippen LogP contribution in [0.1, 0.15) is 29.8 Å². The molecule has 0 aliphatic carbocycles. The molecule has 4 nitrogen and oxygen atoms in total. The summed E-state index contributed by atoms with van der Waals surface area (Å²) in [6, 6.07) is 13.0. The second-order valence-corrected chi connectivity index (χ2v) is 5.86. The van der Waals surface area contributed by atoms with Gasteiger partial charge in [0, 0.05) is 23.7 Å². The summed E-state index contributed by atoms with van der Waals surface area (Å²) in [5.74, 6) is -0.649. The zero-order valence-electron chi connectivity index (χ0n) is 13.8. The van der Waals surface area contributed by atoms with Crippen molar-refractivity contribution in [3.05, 3.63) is 65.5 Å². The van der Waals surface area contributed by atoms with Gasteiger partial charge in [-0.1, -0.05) is 26.0 Å². The molecule has 0 fully saturated rings. The summed E-state index contributed by atoms with van der Waals surface area (Å²) in [5, 5.41) is 5.57. The Morgan fingerprint density at radius 1 is 1.08 bits per heavy atom. The van der Waals surface area contributed by atoms with Crippen molar-refractivity contribution in [1.29, 1.82) is 0 Å². The average Bonchev–Trinajstić information content (AvgIpc) is 2.55. The number of carbonyl (C=O) groups is 2. The monoisotopic (exact) mass is 328 g/mol. The number of hydrogen-bond donors (Lipinski definition) is 2. The Morgan fingerprint density at radius 3 is 2.42 bits per heavy atom. The molecule has 24 heavy (non-hydrogen) atoms. The third-order valence-corrected chi connectivity index (χ3v) is 3.53. The third kappa shape index (κ3) is 5.19. The summed E-state index contributed by atoms with van der Waals surface area (Å²) in [5.41, 5.74) is 2.00. The number of benzene rings is 2. The fourth-order valence-electron chi connectivity index (χ4n) is 2.11. The molecule has 0 saturated heterocycles. The number of carbonyl (C=O) groups excluding carboxylic acids is 2. The first-order chi connectivity index (χ1) is 11.5. The minimum absolute atomic E-state index is 0.0673. The standard InChI is InChI=1S/C19H21FN2O2/c1-13(2)18(23)22-17-8-6-15(7-9-17)19(24)21-11-10-14-4-3-5-16(20)12-14/h3-9,12-13H,10-11H2,1-2H3,(H,21,24)(H,22,23). The van der Waals surface area contributed by atoms with Crippen LogP contribution in [-0.4, -0.2) is 18.4 Å². The molecule has 5 heteroatoms. The molecule has 0 spiro atoms. The van der Waals surface area contributed by atoms with Crippen LogP contribution in [0.15, 0.2) is 48.5 Å². The molecule has 2 amide bonds. The zero-order valence-corrected chi connectivity index (χ0v) is 13.8. The van der Waals surface area contributed by atoms with Crippen molar-refractivity contribution in [2.75, 3.05) is 11.9 Å². The van der Waals surface area contributed by atoms with Crippen molar-refractivity contribution < 1.29 is 14.0 Å². The van der Waals surface area contributed by atoms with E-state index in [-0.39, 0.29) is 23.5 Å². The smallest absolute Gasteiger partial charge is 0.251 e. The van der Waals surface area contributed by atoms with Crippen LogP contribution in [0.25, 0.3) is 0 Å². The maximum absolute atomic E-state index is 13.1. The number of nitrogens with one attached hydrogen (secondary N) is 2. The van der Waals surface area contributed by atoms with E-state index in [2.05, 4.69) is 10.6 Å². The van der Waals surface area contributed by atoms with Gasteiger partial charge in [-0.25, -0.2) is 4.39 Å². The molecule has 0 heterocycles. The first-order valence-electron chi connectivity index (χ1n) is 7.89. The fourth-order valence-corrected chi connectivity index (χ4v) is 2.11. The van der Waals surface area contributed by atoms with Crippen LogP contribution >= 0.6 is 0 Å². The van der Waals surface area contributed by atoms with Gasteiger partial charge < -0.3 is 10.6 Å². The van der Waals surface area contributed by atoms with Crippen molar-refractivity contribution in [2.24, 2.45) is 5.92 Å². The van der Waals surface area contributed by atoms with Gasteiger partial charge in [-0.3, -0.25) is 9.59 Å². The van der Waals surface area contributed by atoms with Gasteiger partial charge in [-0.15, -0.1) is 0 Å². The highest BCUT2D eigenvalue weighted by molar-refractivity contribution is 5.96. The first-order valence-corrected chi connectivity index (χ1v) is 7.89. The van der Waals surface area contributed by atoms with E-state index < -0.39 is 0 Å². The van der Waals surface area contributed by atoms with Gasteiger partial charge in [0.25, 0.3) is 5.91 Å². The minimum Gasteiger partial charge on any atom is -0.352 e. The van der Waals surface area contributed by atoms with E-state index in [9.17, 15) is 14.0 Å². The highest BCUT2D eigenvalue weighted by atomic mass is 19.1. The summed E-state index contributed by atoms with van der Waals surface area (Å²) in [4.78, 5) is 23.7. The van der Waals surface area contributed by atoms with Crippen LogP contribution in [0, 0.1) is 11.7 Å². The first kappa shape index (κ1) is 17.7. The predicted octanol–water partition coefficient (Wildman–Crippen LogP) is 3.39. The Morgan fingerprint density at radius 2 is 1.79 bits per heavy atom. The van der Waals surface area contributed by atoms with E-state index in [1.54, 1.807) is 30.3 Å². The van der Waals surface area contributed by atoms with Crippen molar-refractivity contribution in [3.63, 3.8) is 0 Å². The Hall–Kier alpha value is -2.69. The van der Waals surface area contributed by atoms with Gasteiger partial charge in [-0.2, -0.15) is 0 Å². The lowest BCUT2D eigenvalue weighted by atomic mass is 10.1. The summed E-state index contributed by atoms with van der Waals surface area (Å²) in [6.07, 6.45) is 0.562. The van der Waals surface area contributed by atoms with Gasteiger partial charge >= 0.3 is 0 Å². The number of anilines is 1. The summed E-state index contributed by atoms with van der Waals surface area (Å²) in [6.45, 7) is 4.06. The van der Waals surface area contributed by atoms with E-state index in [1.165, 1.54) is 12.1 Å². The number of amides is 2. The lowest BCUT2D eigenvalue weighted by Crippen LogP contribution is -2.25. The maximum atomic E-state index is 13.1. The normalized spacial score (nSPS) is 10.5. The highest BCUT2D eigenvalue weighted by Crippen LogP contribution is 2.11. The summed E-state index contributed by atoms with van der Waals surface area (Å²) < 4.78 is 13.1. The molecule has 2 aromatic carbocycles. The van der Waals surface area contributed by atoms with E-state index in [0.717, 1.165) is 5.56 Å². The second kappa shape index (κ2) is 8.24. The van der Waals surface area contributed by atoms with Crippen molar-refractivity contribution >= 4 is 17.5 Å². The molecular formula is C19H21FN2O2. The predicted molar refractivity (Wildman–Crippen MR) is 92.3 cm³/mol. The van der Waals surface area contributed by atoms with Crippen LogP contribution in [0.4, 0.5) is 10.1 Å². The van der Waals surface area contributed by atoms with Crippen molar-refractivity contribution in [2.45, 2.75) is 20.3 Å². The minimum atomic E-state index is -0.280. The average molecular weight is 328 g/mol. The summed E-state index contributed by atoms with van der Waals surface area (Å²) >= 11 is 0. The molecule has 0 radical (unpaired) electrons. The molecular weight excluding hydrogens is 307 g/mol. The lowest BCUT2D eigenvalue weighted by molar-refractivity contribution is -0.118. The maximum Gasteiger partial charge on any atom is 0.251 e. The Balaban J connectivity index is 1.85. The second-order valence-electron chi connectivity index (χ2n) is 5.86. The van der Waals surface area contributed by atoms with Gasteiger partial charge in [0.1, 0.15) is 5.82 Å². The lowest BCUT2D eigenvalue weighted by Gasteiger charge is -2.09. The molecule has 0 aliphatic heterocycles. The van der Waals surface area contributed by atoms with Gasteiger partial charge in [0.2, 0.25) is 5.91 Å². The van der Waals surface area contributed by atoms with Crippen molar-refractivity contribution in [3.8, 4) is 0 Å². The van der Waals surface area contributed by atoms with E-state index >= 15 is 0 Å². The number of hydrogen-bond acceptors (Lipinski definition) is 2. The van der Waals surface area contributed by atoms with Crippen molar-refractivity contribution in [1.82, 2.24) is 5.32 Å². The van der Waals surface area contributed by atoms with Crippen LogP contribution in [0.2, 0.25) is 0 Å². The quantitative estimate of drug-likeness (QED) is 0.854. The molecule has 2 N–H and O–H groups in total. The van der Waals surface area contributed by atoms with Crippen LogP contribution < -0.4 is 10.6 Å². The van der Waals surface area contributed by atoms with Gasteiger partial charge in [-0.05, 0) is 48.4 Å². The largest absolute Gasteiger partial charge is 0.352 e. The molecule has 2 aromatic rings. The molecule has 126 valence electrons. The number of halogens is 1. The molecule has 0 saturated carbocycles. The Bertz CT molecular complexity index is 712. The van der Waals surface area contributed by atoms with Crippen LogP contribution in [0.3, 0.4) is 0 Å². The molecule has 0 aromatic heterocycles. The third-order valence-electron chi connectivity index (χ3n) is 3.53. The van der Waals surface area contributed by atoms with E-state index in [4.69, 9.17) is 0 Å². The molecule has 0 aliphatic rings. The molecule has 0 bridgehead atoms. The molecule has 0 unspecified atom stereocenters. The van der Waals surface area contributed by atoms with E-state index in [1.807, 2.05) is 19.9 Å². The molecule has 0 atom stereocenters. The fraction of sp³-hybridized carbons (Fsp3) is 0.263. The van der Waals surface area contributed by atoms with Gasteiger partial charge in [0.05, 0.1) is 0 Å². The topological polar surface area (TPSA) is 58.2 Å². The number of rotatable bonds is 6. The van der Waals surface area contributed by atoms with Gasteiger partial charge in [0.15, 0.2) is 0 Å². The Labute approximate surface area is 141 Å². The van der Waals surface area contributed by atoms with E-state index in [0.29, 0.717) is 24.2 Å². The summed E-state index contributed by atoms with van der Waals surface area (Å²) in [7, 11) is 0. The highest BCUT2D eigenvalue weighted by Gasteiger charge is 2.08.